The minimum absolute atomic E-state index is 0.389. The van der Waals surface area contributed by atoms with Crippen molar-refractivity contribution in [1.29, 1.82) is 0 Å². The maximum atomic E-state index is 5.80. The molecule has 2 heterocycles. The van der Waals surface area contributed by atoms with Gasteiger partial charge in [-0.1, -0.05) is 29.8 Å². The van der Waals surface area contributed by atoms with Crippen LogP contribution in [-0.2, 0) is 0 Å². The molecular formula is C16H20N4. The van der Waals surface area contributed by atoms with Gasteiger partial charge in [-0.2, -0.15) is 0 Å². The second kappa shape index (κ2) is 5.59. The Labute approximate surface area is 119 Å². The standard InChI is InChI=1S/C16H20N4/c1-12-4-2-5-13(8-12)14-10-18-16(19-11-14)20-7-3-6-15(20)9-17/h2,4-5,8,10-11,15H,3,6-7,9,17H2,1H3. The van der Waals surface area contributed by atoms with Gasteiger partial charge in [-0.3, -0.25) is 0 Å². The van der Waals surface area contributed by atoms with E-state index in [-0.39, 0.29) is 0 Å². The molecule has 0 radical (unpaired) electrons. The fourth-order valence-electron chi connectivity index (χ4n) is 2.79. The van der Waals surface area contributed by atoms with Crippen molar-refractivity contribution in [2.45, 2.75) is 25.8 Å². The molecule has 1 aliphatic rings. The van der Waals surface area contributed by atoms with Crippen LogP contribution in [0, 0.1) is 6.92 Å². The van der Waals surface area contributed by atoms with E-state index in [9.17, 15) is 0 Å². The number of nitrogens with zero attached hydrogens (tertiary/aromatic N) is 3. The van der Waals surface area contributed by atoms with Gasteiger partial charge in [0.2, 0.25) is 5.95 Å². The van der Waals surface area contributed by atoms with Crippen LogP contribution in [0.15, 0.2) is 36.7 Å². The summed E-state index contributed by atoms with van der Waals surface area (Å²) in [5, 5.41) is 0. The van der Waals surface area contributed by atoms with E-state index in [0.29, 0.717) is 12.6 Å². The summed E-state index contributed by atoms with van der Waals surface area (Å²) in [5.41, 5.74) is 9.26. The fraction of sp³-hybridized carbons (Fsp3) is 0.375. The second-order valence-corrected chi connectivity index (χ2v) is 5.37. The minimum atomic E-state index is 0.389. The first kappa shape index (κ1) is 13.1. The lowest BCUT2D eigenvalue weighted by atomic mass is 10.1. The molecule has 0 saturated carbocycles. The molecule has 3 rings (SSSR count). The predicted octanol–water partition coefficient (Wildman–Crippen LogP) is 2.38. The number of hydrogen-bond donors (Lipinski definition) is 1. The molecule has 104 valence electrons. The molecule has 1 fully saturated rings. The van der Waals surface area contributed by atoms with Crippen molar-refractivity contribution in [2.75, 3.05) is 18.0 Å². The van der Waals surface area contributed by atoms with Crippen LogP contribution in [0.2, 0.25) is 0 Å². The van der Waals surface area contributed by atoms with Crippen molar-refractivity contribution in [1.82, 2.24) is 9.97 Å². The van der Waals surface area contributed by atoms with E-state index in [0.717, 1.165) is 30.0 Å². The van der Waals surface area contributed by atoms with Gasteiger partial charge in [-0.15, -0.1) is 0 Å². The van der Waals surface area contributed by atoms with E-state index >= 15 is 0 Å². The SMILES string of the molecule is Cc1cccc(-c2cnc(N3CCCC3CN)nc2)c1. The summed E-state index contributed by atoms with van der Waals surface area (Å²) in [6.45, 7) is 3.77. The third kappa shape index (κ3) is 2.51. The van der Waals surface area contributed by atoms with Crippen molar-refractivity contribution < 1.29 is 0 Å². The average Bonchev–Trinajstić information content (AvgIpc) is 2.96. The summed E-state index contributed by atoms with van der Waals surface area (Å²) in [5.74, 6) is 0.800. The van der Waals surface area contributed by atoms with E-state index in [2.05, 4.69) is 46.1 Å². The van der Waals surface area contributed by atoms with E-state index in [1.54, 1.807) is 0 Å². The Hall–Kier alpha value is -1.94. The topological polar surface area (TPSA) is 55.0 Å². The van der Waals surface area contributed by atoms with Crippen LogP contribution in [0.25, 0.3) is 11.1 Å². The van der Waals surface area contributed by atoms with Crippen LogP contribution in [0.3, 0.4) is 0 Å². The van der Waals surface area contributed by atoms with Gasteiger partial charge in [0, 0.05) is 37.1 Å². The Balaban J connectivity index is 1.84. The first-order valence-electron chi connectivity index (χ1n) is 7.14. The molecule has 2 aromatic rings. The van der Waals surface area contributed by atoms with Crippen molar-refractivity contribution in [2.24, 2.45) is 5.73 Å². The lowest BCUT2D eigenvalue weighted by Gasteiger charge is -2.23. The summed E-state index contributed by atoms with van der Waals surface area (Å²) in [6, 6.07) is 8.78. The van der Waals surface area contributed by atoms with Crippen molar-refractivity contribution >= 4 is 5.95 Å². The number of aryl methyl sites for hydroxylation is 1. The smallest absolute Gasteiger partial charge is 0.225 e. The molecule has 20 heavy (non-hydrogen) atoms. The minimum Gasteiger partial charge on any atom is -0.337 e. The summed E-state index contributed by atoms with van der Waals surface area (Å²) >= 11 is 0. The molecule has 1 atom stereocenters. The maximum absolute atomic E-state index is 5.80. The Morgan fingerprint density at radius 1 is 1.25 bits per heavy atom. The van der Waals surface area contributed by atoms with Crippen LogP contribution >= 0.6 is 0 Å². The third-order valence-electron chi connectivity index (χ3n) is 3.90. The Morgan fingerprint density at radius 3 is 2.75 bits per heavy atom. The van der Waals surface area contributed by atoms with Crippen molar-refractivity contribution in [3.63, 3.8) is 0 Å². The number of rotatable bonds is 3. The van der Waals surface area contributed by atoms with E-state index in [1.165, 1.54) is 12.0 Å². The zero-order valence-corrected chi connectivity index (χ0v) is 11.8. The first-order valence-corrected chi connectivity index (χ1v) is 7.14. The highest BCUT2D eigenvalue weighted by molar-refractivity contribution is 5.62. The molecule has 0 amide bonds. The van der Waals surface area contributed by atoms with Crippen LogP contribution in [-0.4, -0.2) is 29.1 Å². The zero-order chi connectivity index (χ0) is 13.9. The number of hydrogen-bond acceptors (Lipinski definition) is 4. The molecule has 4 heteroatoms. The monoisotopic (exact) mass is 268 g/mol. The zero-order valence-electron chi connectivity index (χ0n) is 11.8. The highest BCUT2D eigenvalue weighted by Crippen LogP contribution is 2.24. The van der Waals surface area contributed by atoms with Gasteiger partial charge in [-0.05, 0) is 25.3 Å². The predicted molar refractivity (Wildman–Crippen MR) is 81.6 cm³/mol. The summed E-state index contributed by atoms with van der Waals surface area (Å²) in [6.07, 6.45) is 6.12. The molecular weight excluding hydrogens is 248 g/mol. The molecule has 2 N–H and O–H groups in total. The van der Waals surface area contributed by atoms with Crippen LogP contribution in [0.1, 0.15) is 18.4 Å². The molecule has 1 aromatic carbocycles. The summed E-state index contributed by atoms with van der Waals surface area (Å²) in [4.78, 5) is 11.3. The van der Waals surface area contributed by atoms with Gasteiger partial charge >= 0.3 is 0 Å². The number of anilines is 1. The molecule has 1 aromatic heterocycles. The summed E-state index contributed by atoms with van der Waals surface area (Å²) < 4.78 is 0. The number of aromatic nitrogens is 2. The summed E-state index contributed by atoms with van der Waals surface area (Å²) in [7, 11) is 0. The quantitative estimate of drug-likeness (QED) is 0.928. The largest absolute Gasteiger partial charge is 0.337 e. The lowest BCUT2D eigenvalue weighted by molar-refractivity contribution is 0.664. The van der Waals surface area contributed by atoms with Gasteiger partial charge in [0.1, 0.15) is 0 Å². The molecule has 0 bridgehead atoms. The van der Waals surface area contributed by atoms with Gasteiger partial charge in [-0.25, -0.2) is 9.97 Å². The highest BCUT2D eigenvalue weighted by atomic mass is 15.3. The van der Waals surface area contributed by atoms with Gasteiger partial charge in [0.05, 0.1) is 0 Å². The molecule has 4 nitrogen and oxygen atoms in total. The average molecular weight is 268 g/mol. The van der Waals surface area contributed by atoms with Gasteiger partial charge in [0.25, 0.3) is 0 Å². The molecule has 1 saturated heterocycles. The van der Waals surface area contributed by atoms with Crippen molar-refractivity contribution in [3.05, 3.63) is 42.2 Å². The van der Waals surface area contributed by atoms with E-state index in [4.69, 9.17) is 5.73 Å². The molecule has 1 aliphatic heterocycles. The molecule has 0 spiro atoms. The third-order valence-corrected chi connectivity index (χ3v) is 3.90. The Bertz CT molecular complexity index is 579. The molecule has 1 unspecified atom stereocenters. The molecule has 0 aliphatic carbocycles. The normalized spacial score (nSPS) is 18.5. The van der Waals surface area contributed by atoms with Crippen molar-refractivity contribution in [3.8, 4) is 11.1 Å². The number of benzene rings is 1. The lowest BCUT2D eigenvalue weighted by Crippen LogP contribution is -2.36. The Kier molecular flexibility index (Phi) is 3.65. The number of nitrogens with two attached hydrogens (primary N) is 1. The van der Waals surface area contributed by atoms with Crippen LogP contribution in [0.4, 0.5) is 5.95 Å². The Morgan fingerprint density at radius 2 is 2.05 bits per heavy atom. The van der Waals surface area contributed by atoms with Crippen LogP contribution in [0.5, 0.6) is 0 Å². The van der Waals surface area contributed by atoms with Crippen LogP contribution < -0.4 is 10.6 Å². The van der Waals surface area contributed by atoms with E-state index in [1.807, 2.05) is 12.4 Å². The highest BCUT2D eigenvalue weighted by Gasteiger charge is 2.25. The van der Waals surface area contributed by atoms with Gasteiger partial charge < -0.3 is 10.6 Å². The van der Waals surface area contributed by atoms with Gasteiger partial charge in [0.15, 0.2) is 0 Å². The second-order valence-electron chi connectivity index (χ2n) is 5.37. The maximum Gasteiger partial charge on any atom is 0.225 e. The fourth-order valence-corrected chi connectivity index (χ4v) is 2.79. The van der Waals surface area contributed by atoms with E-state index < -0.39 is 0 Å². The first-order chi connectivity index (χ1) is 9.78.